The number of benzene rings is 1. The lowest BCUT2D eigenvalue weighted by Crippen LogP contribution is -2.25. The zero-order valence-electron chi connectivity index (χ0n) is 11.9. The van der Waals surface area contributed by atoms with E-state index in [0.717, 1.165) is 31.9 Å². The first-order chi connectivity index (χ1) is 8.71. The number of rotatable bonds is 7. The van der Waals surface area contributed by atoms with Gasteiger partial charge in [-0.05, 0) is 45.9 Å². The van der Waals surface area contributed by atoms with E-state index >= 15 is 0 Å². The Morgan fingerprint density at radius 3 is 1.94 bits per heavy atom. The van der Waals surface area contributed by atoms with Crippen LogP contribution in [0.15, 0.2) is 18.2 Å². The van der Waals surface area contributed by atoms with Crippen molar-refractivity contribution in [2.45, 2.75) is 27.7 Å². The summed E-state index contributed by atoms with van der Waals surface area (Å²) in [5.41, 5.74) is 2.80. The van der Waals surface area contributed by atoms with Gasteiger partial charge in [-0.25, -0.2) is 0 Å². The highest BCUT2D eigenvalue weighted by atomic mass is 16.1. The summed E-state index contributed by atoms with van der Waals surface area (Å²) < 4.78 is 0. The minimum absolute atomic E-state index is 0.648. The van der Waals surface area contributed by atoms with Crippen molar-refractivity contribution in [2.75, 3.05) is 36.0 Å². The molecule has 0 saturated carbocycles. The maximum absolute atomic E-state index is 11.0. The van der Waals surface area contributed by atoms with Crippen molar-refractivity contribution in [2.24, 2.45) is 0 Å². The molecule has 0 saturated heterocycles. The Morgan fingerprint density at radius 1 is 0.944 bits per heavy atom. The Morgan fingerprint density at radius 2 is 1.50 bits per heavy atom. The number of nitrogens with zero attached hydrogens (tertiary/aromatic N) is 2. The highest BCUT2D eigenvalue weighted by molar-refractivity contribution is 5.86. The molecule has 0 fully saturated rings. The van der Waals surface area contributed by atoms with E-state index in [1.807, 2.05) is 18.4 Å². The summed E-state index contributed by atoms with van der Waals surface area (Å²) in [4.78, 5) is 15.5. The predicted octanol–water partition coefficient (Wildman–Crippen LogP) is 2.84. The standard InChI is InChI=1S/C15H23N2O/c1-5-16(6-2)14-10-9-13(12-18)15(11-14)17(7-3)8-4/h9-11H,5-8H2,1-4H3. The van der Waals surface area contributed by atoms with Crippen molar-refractivity contribution in [3.05, 3.63) is 23.8 Å². The lowest BCUT2D eigenvalue weighted by atomic mass is 10.1. The SMILES string of the molecule is CCN(CC)c1ccc([C]=O)c(N(CC)CC)c1. The van der Waals surface area contributed by atoms with E-state index in [1.54, 1.807) is 0 Å². The third kappa shape index (κ3) is 3.03. The van der Waals surface area contributed by atoms with Crippen molar-refractivity contribution < 1.29 is 4.79 Å². The van der Waals surface area contributed by atoms with E-state index in [9.17, 15) is 4.79 Å². The molecule has 3 nitrogen and oxygen atoms in total. The van der Waals surface area contributed by atoms with Crippen LogP contribution >= 0.6 is 0 Å². The molecule has 0 aliphatic carbocycles. The van der Waals surface area contributed by atoms with Crippen LogP contribution in [0, 0.1) is 0 Å². The molecule has 0 N–H and O–H groups in total. The molecule has 0 heterocycles. The van der Waals surface area contributed by atoms with Crippen LogP contribution in [0.25, 0.3) is 0 Å². The zero-order chi connectivity index (χ0) is 13.5. The molecule has 0 spiro atoms. The van der Waals surface area contributed by atoms with Crippen LogP contribution in [-0.4, -0.2) is 32.5 Å². The van der Waals surface area contributed by atoms with E-state index < -0.39 is 0 Å². The van der Waals surface area contributed by atoms with Gasteiger partial charge in [0.2, 0.25) is 6.29 Å². The van der Waals surface area contributed by atoms with Gasteiger partial charge in [0.05, 0.1) is 5.69 Å². The fourth-order valence-corrected chi connectivity index (χ4v) is 2.22. The molecule has 18 heavy (non-hydrogen) atoms. The van der Waals surface area contributed by atoms with E-state index in [1.165, 1.54) is 5.69 Å². The Bertz CT molecular complexity index is 382. The van der Waals surface area contributed by atoms with Crippen LogP contribution in [0.2, 0.25) is 0 Å². The molecule has 0 bridgehead atoms. The summed E-state index contributed by atoms with van der Waals surface area (Å²) in [5.74, 6) is 0. The summed E-state index contributed by atoms with van der Waals surface area (Å²) in [5, 5.41) is 0. The van der Waals surface area contributed by atoms with Gasteiger partial charge in [0.15, 0.2) is 0 Å². The van der Waals surface area contributed by atoms with Gasteiger partial charge in [0, 0.05) is 37.4 Å². The molecule has 0 unspecified atom stereocenters. The largest absolute Gasteiger partial charge is 0.372 e. The van der Waals surface area contributed by atoms with Crippen LogP contribution in [0.4, 0.5) is 11.4 Å². The molecule has 0 amide bonds. The maximum Gasteiger partial charge on any atom is 0.235 e. The Balaban J connectivity index is 3.19. The van der Waals surface area contributed by atoms with Crippen molar-refractivity contribution in [3.8, 4) is 0 Å². The third-order valence-electron chi connectivity index (χ3n) is 3.32. The Hall–Kier alpha value is -1.51. The molecular formula is C15H23N2O. The fraction of sp³-hybridized carbons (Fsp3) is 0.533. The minimum atomic E-state index is 0.648. The lowest BCUT2D eigenvalue weighted by molar-refractivity contribution is 0.562. The van der Waals surface area contributed by atoms with Gasteiger partial charge < -0.3 is 9.80 Å². The van der Waals surface area contributed by atoms with Crippen molar-refractivity contribution in [1.29, 1.82) is 0 Å². The molecular weight excluding hydrogens is 224 g/mol. The van der Waals surface area contributed by atoms with Crippen molar-refractivity contribution >= 4 is 17.7 Å². The van der Waals surface area contributed by atoms with Gasteiger partial charge in [-0.2, -0.15) is 0 Å². The van der Waals surface area contributed by atoms with Gasteiger partial charge in [0.1, 0.15) is 0 Å². The molecule has 1 radical (unpaired) electrons. The van der Waals surface area contributed by atoms with Crippen LogP contribution in [0.5, 0.6) is 0 Å². The number of carbonyl (C=O) groups excluding carboxylic acids is 1. The van der Waals surface area contributed by atoms with Crippen LogP contribution < -0.4 is 9.80 Å². The second kappa shape index (κ2) is 7.04. The van der Waals surface area contributed by atoms with E-state index in [2.05, 4.69) is 43.6 Å². The normalized spacial score (nSPS) is 10.2. The lowest BCUT2D eigenvalue weighted by Gasteiger charge is -2.26. The summed E-state index contributed by atoms with van der Waals surface area (Å²) in [6, 6.07) is 5.97. The zero-order valence-corrected chi connectivity index (χ0v) is 11.9. The summed E-state index contributed by atoms with van der Waals surface area (Å²) in [6.07, 6.45) is 2.04. The summed E-state index contributed by atoms with van der Waals surface area (Å²) in [7, 11) is 0. The molecule has 1 rings (SSSR count). The van der Waals surface area contributed by atoms with Gasteiger partial charge in [0.25, 0.3) is 0 Å². The van der Waals surface area contributed by atoms with Crippen molar-refractivity contribution in [3.63, 3.8) is 0 Å². The molecule has 0 aromatic heterocycles. The number of hydrogen-bond acceptors (Lipinski definition) is 3. The predicted molar refractivity (Wildman–Crippen MR) is 78.4 cm³/mol. The van der Waals surface area contributed by atoms with Gasteiger partial charge in [-0.3, -0.25) is 4.79 Å². The number of anilines is 2. The van der Waals surface area contributed by atoms with E-state index in [4.69, 9.17) is 0 Å². The topological polar surface area (TPSA) is 23.6 Å². The first kappa shape index (κ1) is 14.6. The molecule has 0 aliphatic rings. The second-order valence-corrected chi connectivity index (χ2v) is 4.15. The Kier molecular flexibility index (Phi) is 5.69. The van der Waals surface area contributed by atoms with Gasteiger partial charge >= 0.3 is 0 Å². The van der Waals surface area contributed by atoms with E-state index in [0.29, 0.717) is 5.56 Å². The maximum atomic E-state index is 11.0. The molecule has 0 atom stereocenters. The summed E-state index contributed by atoms with van der Waals surface area (Å²) in [6.45, 7) is 12.2. The van der Waals surface area contributed by atoms with E-state index in [-0.39, 0.29) is 0 Å². The highest BCUT2D eigenvalue weighted by Crippen LogP contribution is 2.26. The minimum Gasteiger partial charge on any atom is -0.372 e. The quantitative estimate of drug-likeness (QED) is 0.740. The van der Waals surface area contributed by atoms with Crippen LogP contribution in [0.1, 0.15) is 33.3 Å². The smallest absolute Gasteiger partial charge is 0.235 e. The molecule has 3 heteroatoms. The third-order valence-corrected chi connectivity index (χ3v) is 3.32. The fourth-order valence-electron chi connectivity index (χ4n) is 2.22. The summed E-state index contributed by atoms with van der Waals surface area (Å²) >= 11 is 0. The number of hydrogen-bond donors (Lipinski definition) is 0. The van der Waals surface area contributed by atoms with Crippen LogP contribution in [-0.2, 0) is 4.79 Å². The highest BCUT2D eigenvalue weighted by Gasteiger charge is 2.11. The molecule has 1 aromatic rings. The average molecular weight is 247 g/mol. The van der Waals surface area contributed by atoms with Gasteiger partial charge in [-0.1, -0.05) is 0 Å². The second-order valence-electron chi connectivity index (χ2n) is 4.15. The van der Waals surface area contributed by atoms with Crippen molar-refractivity contribution in [1.82, 2.24) is 0 Å². The first-order valence-corrected chi connectivity index (χ1v) is 6.73. The van der Waals surface area contributed by atoms with Crippen LogP contribution in [0.3, 0.4) is 0 Å². The average Bonchev–Trinajstić information content (AvgIpc) is 2.42. The van der Waals surface area contributed by atoms with Gasteiger partial charge in [-0.15, -0.1) is 0 Å². The molecule has 1 aromatic carbocycles. The monoisotopic (exact) mass is 247 g/mol. The molecule has 99 valence electrons. The Labute approximate surface area is 110 Å². The molecule has 0 aliphatic heterocycles. The first-order valence-electron chi connectivity index (χ1n) is 6.73.